The minimum absolute atomic E-state index is 0.0441. The first kappa shape index (κ1) is 18.3. The van der Waals surface area contributed by atoms with Crippen molar-refractivity contribution in [1.82, 2.24) is 0 Å². The summed E-state index contributed by atoms with van der Waals surface area (Å²) in [6, 6.07) is 6.07. The Kier molecular flexibility index (Phi) is 5.80. The van der Waals surface area contributed by atoms with Crippen molar-refractivity contribution in [3.63, 3.8) is 0 Å². The van der Waals surface area contributed by atoms with Gasteiger partial charge in [-0.05, 0) is 41.1 Å². The van der Waals surface area contributed by atoms with Gasteiger partial charge in [0.2, 0.25) is 8.11 Å². The molecule has 0 aliphatic heterocycles. The molecule has 2 aromatic carbocycles. The molecule has 119 valence electrons. The molecule has 0 saturated heterocycles. The summed E-state index contributed by atoms with van der Waals surface area (Å²) in [5, 5.41) is 10.7. The van der Waals surface area contributed by atoms with Gasteiger partial charge in [-0.2, -0.15) is 11.1 Å². The first-order valence-electron chi connectivity index (χ1n) is 5.88. The van der Waals surface area contributed by atoms with E-state index in [9.17, 15) is 19.3 Å². The maximum atomic E-state index is 13.5. The fraction of sp³-hybridized carbons (Fsp3) is 0. The molecule has 2 aromatic rings. The zero-order valence-electron chi connectivity index (χ0n) is 10.9. The fourth-order valence-electron chi connectivity index (χ4n) is 1.92. The van der Waals surface area contributed by atoms with Gasteiger partial charge in [-0.25, -0.2) is 4.39 Å². The number of rotatable bonds is 4. The number of benzene rings is 2. The maximum Gasteiger partial charge on any atom is 0.272 e. The first-order chi connectivity index (χ1) is 10.7. The van der Waals surface area contributed by atoms with Crippen LogP contribution in [0, 0.1) is 15.9 Å². The Balaban J connectivity index is 2.77. The van der Waals surface area contributed by atoms with Crippen LogP contribution < -0.4 is 10.4 Å². The van der Waals surface area contributed by atoms with Crippen LogP contribution >= 0.6 is 50.2 Å². The van der Waals surface area contributed by atoms with Gasteiger partial charge < -0.3 is 0 Å². The largest absolute Gasteiger partial charge is 0.276 e. The molecule has 0 aliphatic carbocycles. The fourth-order valence-corrected chi connectivity index (χ4v) is 5.85. The van der Waals surface area contributed by atoms with Crippen molar-refractivity contribution >= 4 is 79.6 Å². The molecule has 2 rings (SSSR count). The second kappa shape index (κ2) is 7.27. The highest BCUT2D eigenvalue weighted by Gasteiger charge is 2.32. The lowest BCUT2D eigenvalue weighted by Gasteiger charge is -2.13. The summed E-state index contributed by atoms with van der Waals surface area (Å²) in [6.07, 6.45) is 0. The van der Waals surface area contributed by atoms with Crippen LogP contribution in [0.4, 0.5) is 10.1 Å². The molecule has 0 saturated carbocycles. The maximum absolute atomic E-state index is 13.5. The van der Waals surface area contributed by atoms with Crippen molar-refractivity contribution in [3.05, 3.63) is 61.3 Å². The monoisotopic (exact) mass is 454 g/mol. The number of nitrogens with zero attached hydrogens (tertiary/aromatic N) is 1. The number of halogens is 5. The predicted octanol–water partition coefficient (Wildman–Crippen LogP) is 3.87. The second-order valence-electron chi connectivity index (χ2n) is 4.32. The van der Waals surface area contributed by atoms with Crippen LogP contribution in [-0.2, 0) is 0 Å². The molecule has 0 fully saturated rings. The van der Waals surface area contributed by atoms with Crippen molar-refractivity contribution in [2.45, 2.75) is 0 Å². The van der Waals surface area contributed by atoms with Gasteiger partial charge in [0.15, 0.2) is 0 Å². The Morgan fingerprint density at radius 3 is 2.52 bits per heavy atom. The van der Waals surface area contributed by atoms with Crippen LogP contribution in [0.3, 0.4) is 0 Å². The third-order valence-electron chi connectivity index (χ3n) is 2.88. The summed E-state index contributed by atoms with van der Waals surface area (Å²) in [6.45, 7) is 0. The molecule has 0 aromatic heterocycles. The van der Waals surface area contributed by atoms with E-state index in [1.807, 2.05) is 0 Å². The van der Waals surface area contributed by atoms with Crippen molar-refractivity contribution in [2.75, 3.05) is 0 Å². The molecule has 0 bridgehead atoms. The average molecular weight is 457 g/mol. The molecular formula is C13H5BrCl3FNO3Si. The van der Waals surface area contributed by atoms with Gasteiger partial charge in [0, 0.05) is 26.3 Å². The minimum atomic E-state index is -2.43. The Hall–Kier alpha value is -0.993. The van der Waals surface area contributed by atoms with E-state index in [2.05, 4.69) is 15.9 Å². The number of carbonyl (C=O) groups excluding carboxylic acids is 1. The van der Waals surface area contributed by atoms with Gasteiger partial charge in [0.25, 0.3) is 10.9 Å². The topological polar surface area (TPSA) is 60.2 Å². The Morgan fingerprint density at radius 1 is 1.30 bits per heavy atom. The molecule has 1 radical (unpaired) electrons. The van der Waals surface area contributed by atoms with Crippen molar-refractivity contribution in [3.8, 4) is 0 Å². The van der Waals surface area contributed by atoms with Crippen molar-refractivity contribution in [1.29, 1.82) is 0 Å². The van der Waals surface area contributed by atoms with E-state index in [-0.39, 0.29) is 26.6 Å². The highest BCUT2D eigenvalue weighted by Crippen LogP contribution is 2.23. The first-order valence-corrected chi connectivity index (χ1v) is 9.94. The quantitative estimate of drug-likeness (QED) is 0.231. The molecule has 0 heterocycles. The number of nitro groups is 1. The summed E-state index contributed by atoms with van der Waals surface area (Å²) in [5.41, 5.74) is -0.496. The lowest BCUT2D eigenvalue weighted by atomic mass is 10.2. The van der Waals surface area contributed by atoms with E-state index in [4.69, 9.17) is 34.3 Å². The van der Waals surface area contributed by atoms with Crippen LogP contribution in [0.15, 0.2) is 34.8 Å². The van der Waals surface area contributed by atoms with E-state index in [1.54, 1.807) is 0 Å². The smallest absolute Gasteiger partial charge is 0.272 e. The van der Waals surface area contributed by atoms with Crippen LogP contribution in [0.2, 0.25) is 5.02 Å². The minimum Gasteiger partial charge on any atom is -0.276 e. The highest BCUT2D eigenvalue weighted by atomic mass is 79.9. The molecule has 0 spiro atoms. The van der Waals surface area contributed by atoms with Crippen molar-refractivity contribution < 1.29 is 14.1 Å². The third-order valence-corrected chi connectivity index (χ3v) is 7.05. The molecule has 0 aliphatic rings. The molecule has 4 nitrogen and oxygen atoms in total. The number of hydrogen-bond donors (Lipinski definition) is 0. The van der Waals surface area contributed by atoms with Crippen LogP contribution in [0.5, 0.6) is 0 Å². The number of carbonyl (C=O) groups is 1. The Morgan fingerprint density at radius 2 is 1.96 bits per heavy atom. The van der Waals surface area contributed by atoms with Crippen LogP contribution in [0.1, 0.15) is 10.4 Å². The van der Waals surface area contributed by atoms with E-state index in [0.29, 0.717) is 4.47 Å². The van der Waals surface area contributed by atoms with E-state index >= 15 is 0 Å². The number of nitro benzene ring substituents is 1. The lowest BCUT2D eigenvalue weighted by Crippen LogP contribution is -2.42. The van der Waals surface area contributed by atoms with E-state index in [1.165, 1.54) is 18.2 Å². The molecule has 10 heteroatoms. The number of hydrogen-bond acceptors (Lipinski definition) is 3. The second-order valence-corrected chi connectivity index (χ2v) is 8.78. The summed E-state index contributed by atoms with van der Waals surface area (Å²) < 4.78 is 13.8. The van der Waals surface area contributed by atoms with Gasteiger partial charge in [0.05, 0.1) is 4.92 Å². The van der Waals surface area contributed by atoms with E-state index in [0.717, 1.165) is 12.1 Å². The van der Waals surface area contributed by atoms with Gasteiger partial charge >= 0.3 is 0 Å². The summed E-state index contributed by atoms with van der Waals surface area (Å²) in [7, 11) is -2.43. The van der Waals surface area contributed by atoms with Gasteiger partial charge in [-0.3, -0.25) is 14.9 Å². The van der Waals surface area contributed by atoms with E-state index < -0.39 is 24.1 Å². The average Bonchev–Trinajstić information content (AvgIpc) is 2.48. The SMILES string of the molecule is O=C(Cl)c1cc(Br)cc([N+](=O)[O-])c1[Si](Cl)c1cc(F)ccc1Cl. The summed E-state index contributed by atoms with van der Waals surface area (Å²) in [5.74, 6) is -0.592. The van der Waals surface area contributed by atoms with Gasteiger partial charge in [-0.15, -0.1) is 0 Å². The summed E-state index contributed by atoms with van der Waals surface area (Å²) in [4.78, 5) is 22.3. The molecule has 0 unspecified atom stereocenters. The third kappa shape index (κ3) is 3.92. The van der Waals surface area contributed by atoms with Crippen molar-refractivity contribution in [2.24, 2.45) is 0 Å². The Labute approximate surface area is 154 Å². The standard InChI is InChI=1S/C13H5BrCl3FNO3Si/c14-6-3-8(13(16)20)12(10(4-6)19(21)22)23(17)11-5-7(18)1-2-9(11)15/h1-5H. The molecule has 0 N–H and O–H groups in total. The normalized spacial score (nSPS) is 10.9. The lowest BCUT2D eigenvalue weighted by molar-refractivity contribution is -0.383. The zero-order valence-corrected chi connectivity index (χ0v) is 15.8. The molecule has 23 heavy (non-hydrogen) atoms. The highest BCUT2D eigenvalue weighted by molar-refractivity contribution is 9.10. The van der Waals surface area contributed by atoms with Crippen LogP contribution in [0.25, 0.3) is 0 Å². The Bertz CT molecular complexity index is 786. The molecule has 0 amide bonds. The van der Waals surface area contributed by atoms with Gasteiger partial charge in [0.1, 0.15) is 5.82 Å². The summed E-state index contributed by atoms with van der Waals surface area (Å²) >= 11 is 21.0. The van der Waals surface area contributed by atoms with Gasteiger partial charge in [-0.1, -0.05) is 27.5 Å². The molecular weight excluding hydrogens is 451 g/mol. The zero-order chi connectivity index (χ0) is 17.3. The predicted molar refractivity (Wildman–Crippen MR) is 93.3 cm³/mol. The van der Waals surface area contributed by atoms with Crippen LogP contribution in [-0.4, -0.2) is 18.3 Å². The molecule has 0 atom stereocenters.